The van der Waals surface area contributed by atoms with Crippen LogP contribution < -0.4 is 0 Å². The first-order chi connectivity index (χ1) is 3.84. The van der Waals surface area contributed by atoms with Crippen molar-refractivity contribution in [2.75, 3.05) is 6.54 Å². The molecule has 2 nitrogen and oxygen atoms in total. The summed E-state index contributed by atoms with van der Waals surface area (Å²) in [6.07, 6.45) is 3.73. The number of nitrogens with one attached hydrogen (secondary N) is 1. The Bertz CT molecular complexity index is 90.5. The van der Waals surface area contributed by atoms with Crippen molar-refractivity contribution in [1.29, 1.82) is 5.41 Å². The van der Waals surface area contributed by atoms with E-state index < -0.39 is 0 Å². The maximum Gasteiger partial charge on any atom is 0.0819 e. The summed E-state index contributed by atoms with van der Waals surface area (Å²) in [5.41, 5.74) is 0. The van der Waals surface area contributed by atoms with Crippen LogP contribution in [0.5, 0.6) is 0 Å². The molecule has 0 aromatic rings. The molecule has 1 aliphatic heterocycles. The van der Waals surface area contributed by atoms with Gasteiger partial charge in [-0.2, -0.15) is 0 Å². The van der Waals surface area contributed by atoms with Crippen molar-refractivity contribution in [3.05, 3.63) is 6.92 Å². The lowest BCUT2D eigenvalue weighted by Gasteiger charge is -2.15. The van der Waals surface area contributed by atoms with E-state index in [9.17, 15) is 0 Å². The quantitative estimate of drug-likeness (QED) is 0.395. The van der Waals surface area contributed by atoms with Crippen molar-refractivity contribution in [2.45, 2.75) is 18.9 Å². The van der Waals surface area contributed by atoms with Crippen molar-refractivity contribution >= 4 is 6.34 Å². The Kier molecular flexibility index (Phi) is 1.51. The van der Waals surface area contributed by atoms with Crippen LogP contribution in [-0.4, -0.2) is 23.8 Å². The molecule has 1 N–H and O–H groups in total. The van der Waals surface area contributed by atoms with Crippen molar-refractivity contribution < 1.29 is 0 Å². The summed E-state index contributed by atoms with van der Waals surface area (Å²) in [6.45, 7) is 4.89. The monoisotopic (exact) mass is 111 g/mol. The minimum Gasteiger partial charge on any atom is -0.360 e. The lowest BCUT2D eigenvalue weighted by atomic mass is 10.2. The Labute approximate surface area is 50.0 Å². The minimum atomic E-state index is 0.368. The SMILES string of the molecule is [CH2][C@@H]1CCCN1C=N. The maximum atomic E-state index is 6.89. The average Bonchev–Trinajstić information content (AvgIpc) is 2.14. The number of likely N-dealkylation sites (tertiary alicyclic amines) is 1. The van der Waals surface area contributed by atoms with Crippen molar-refractivity contribution in [2.24, 2.45) is 0 Å². The summed E-state index contributed by atoms with van der Waals surface area (Å²) in [4.78, 5) is 1.96. The summed E-state index contributed by atoms with van der Waals surface area (Å²) in [5.74, 6) is 0. The molecule has 1 heterocycles. The Hall–Kier alpha value is -0.530. The van der Waals surface area contributed by atoms with Crippen LogP contribution in [-0.2, 0) is 0 Å². The van der Waals surface area contributed by atoms with Crippen molar-refractivity contribution in [3.8, 4) is 0 Å². The van der Waals surface area contributed by atoms with E-state index in [0.29, 0.717) is 6.04 Å². The smallest absolute Gasteiger partial charge is 0.0819 e. The number of hydrogen-bond acceptors (Lipinski definition) is 1. The van der Waals surface area contributed by atoms with Crippen LogP contribution in [0.4, 0.5) is 0 Å². The van der Waals surface area contributed by atoms with Crippen LogP contribution in [0, 0.1) is 12.3 Å². The molecule has 1 aliphatic rings. The van der Waals surface area contributed by atoms with Crippen LogP contribution in [0.15, 0.2) is 0 Å². The lowest BCUT2D eigenvalue weighted by molar-refractivity contribution is 0.456. The van der Waals surface area contributed by atoms with E-state index in [0.717, 1.165) is 13.0 Å². The second-order valence-electron chi connectivity index (χ2n) is 2.16. The predicted molar refractivity (Wildman–Crippen MR) is 33.9 cm³/mol. The van der Waals surface area contributed by atoms with Gasteiger partial charge in [0.15, 0.2) is 0 Å². The van der Waals surface area contributed by atoms with E-state index in [-0.39, 0.29) is 0 Å². The van der Waals surface area contributed by atoms with E-state index in [1.165, 1.54) is 12.8 Å². The molecular formula is C6H11N2. The highest BCUT2D eigenvalue weighted by Gasteiger charge is 2.15. The van der Waals surface area contributed by atoms with Gasteiger partial charge in [0.25, 0.3) is 0 Å². The first kappa shape index (κ1) is 5.60. The molecule has 1 fully saturated rings. The molecule has 0 bridgehead atoms. The fraction of sp³-hybridized carbons (Fsp3) is 0.667. The van der Waals surface area contributed by atoms with Gasteiger partial charge in [-0.3, -0.25) is 5.41 Å². The number of nitrogens with zero attached hydrogens (tertiary/aromatic N) is 1. The van der Waals surface area contributed by atoms with Gasteiger partial charge in [0.1, 0.15) is 0 Å². The van der Waals surface area contributed by atoms with Gasteiger partial charge in [-0.25, -0.2) is 0 Å². The summed E-state index contributed by atoms with van der Waals surface area (Å²) in [5, 5.41) is 6.89. The van der Waals surface area contributed by atoms with E-state index in [1.54, 1.807) is 0 Å². The number of hydrogen-bond donors (Lipinski definition) is 1. The molecular weight excluding hydrogens is 100 g/mol. The van der Waals surface area contributed by atoms with Crippen LogP contribution in [0.2, 0.25) is 0 Å². The van der Waals surface area contributed by atoms with Gasteiger partial charge in [0, 0.05) is 12.6 Å². The van der Waals surface area contributed by atoms with Crippen LogP contribution in [0.3, 0.4) is 0 Å². The van der Waals surface area contributed by atoms with Gasteiger partial charge in [-0.1, -0.05) is 0 Å². The van der Waals surface area contributed by atoms with Gasteiger partial charge in [-0.15, -0.1) is 0 Å². The van der Waals surface area contributed by atoms with Crippen LogP contribution in [0.25, 0.3) is 0 Å². The molecule has 1 rings (SSSR count). The lowest BCUT2D eigenvalue weighted by Crippen LogP contribution is -2.24. The van der Waals surface area contributed by atoms with Gasteiger partial charge in [0.2, 0.25) is 0 Å². The summed E-state index contributed by atoms with van der Waals surface area (Å²) in [7, 11) is 0. The van der Waals surface area contributed by atoms with E-state index in [2.05, 4.69) is 6.92 Å². The molecule has 0 saturated carbocycles. The number of rotatable bonds is 1. The van der Waals surface area contributed by atoms with E-state index in [1.807, 2.05) is 4.90 Å². The third-order valence-electron chi connectivity index (χ3n) is 1.59. The molecule has 1 saturated heterocycles. The third kappa shape index (κ3) is 0.831. The third-order valence-corrected chi connectivity index (χ3v) is 1.59. The Morgan fingerprint density at radius 1 is 1.75 bits per heavy atom. The normalized spacial score (nSPS) is 28.6. The minimum absolute atomic E-state index is 0.368. The zero-order chi connectivity index (χ0) is 5.98. The van der Waals surface area contributed by atoms with E-state index in [4.69, 9.17) is 5.41 Å². The second-order valence-corrected chi connectivity index (χ2v) is 2.16. The van der Waals surface area contributed by atoms with Gasteiger partial charge in [0.05, 0.1) is 6.34 Å². The average molecular weight is 111 g/mol. The zero-order valence-electron chi connectivity index (χ0n) is 4.93. The molecule has 2 heteroatoms. The maximum absolute atomic E-state index is 6.89. The molecule has 0 aromatic carbocycles. The Balaban J connectivity index is 2.41. The molecule has 1 radical (unpaired) electrons. The molecule has 0 aliphatic carbocycles. The van der Waals surface area contributed by atoms with Gasteiger partial charge < -0.3 is 4.90 Å². The molecule has 0 unspecified atom stereocenters. The summed E-state index contributed by atoms with van der Waals surface area (Å²) >= 11 is 0. The Morgan fingerprint density at radius 2 is 2.50 bits per heavy atom. The molecule has 1 atom stereocenters. The van der Waals surface area contributed by atoms with Crippen LogP contribution in [0.1, 0.15) is 12.8 Å². The molecule has 0 spiro atoms. The fourth-order valence-electron chi connectivity index (χ4n) is 1.03. The second kappa shape index (κ2) is 2.16. The highest BCUT2D eigenvalue weighted by molar-refractivity contribution is 5.51. The molecule has 8 heavy (non-hydrogen) atoms. The van der Waals surface area contributed by atoms with E-state index >= 15 is 0 Å². The topological polar surface area (TPSA) is 27.1 Å². The van der Waals surface area contributed by atoms with Crippen molar-refractivity contribution in [3.63, 3.8) is 0 Å². The highest BCUT2D eigenvalue weighted by Crippen LogP contribution is 2.12. The first-order valence-corrected chi connectivity index (χ1v) is 2.94. The zero-order valence-corrected chi connectivity index (χ0v) is 4.93. The van der Waals surface area contributed by atoms with Crippen molar-refractivity contribution in [1.82, 2.24) is 4.90 Å². The fourth-order valence-corrected chi connectivity index (χ4v) is 1.03. The first-order valence-electron chi connectivity index (χ1n) is 2.94. The Morgan fingerprint density at radius 3 is 2.75 bits per heavy atom. The van der Waals surface area contributed by atoms with Gasteiger partial charge >= 0.3 is 0 Å². The molecule has 0 aromatic heterocycles. The molecule has 45 valence electrons. The van der Waals surface area contributed by atoms with Crippen LogP contribution >= 0.6 is 0 Å². The largest absolute Gasteiger partial charge is 0.360 e. The predicted octanol–water partition coefficient (Wildman–Crippen LogP) is 0.892. The van der Waals surface area contributed by atoms with Gasteiger partial charge in [-0.05, 0) is 19.8 Å². The summed E-state index contributed by atoms with van der Waals surface area (Å²) < 4.78 is 0. The summed E-state index contributed by atoms with van der Waals surface area (Å²) in [6, 6.07) is 0.368. The highest BCUT2D eigenvalue weighted by atomic mass is 15.2. The standard InChI is InChI=1S/C6H11N2/c1-6-3-2-4-8(6)5-7/h5-7H,1-4H2/t6-/m1/s1. The molecule has 0 amide bonds.